The van der Waals surface area contributed by atoms with E-state index in [0.717, 1.165) is 42.8 Å². The second-order valence-electron chi connectivity index (χ2n) is 7.13. The second kappa shape index (κ2) is 7.30. The predicted molar refractivity (Wildman–Crippen MR) is 95.8 cm³/mol. The number of aromatic amines is 1. The molecule has 1 saturated heterocycles. The molecule has 1 N–H and O–H groups in total. The van der Waals surface area contributed by atoms with Crippen molar-refractivity contribution in [3.05, 3.63) is 47.8 Å². The molecule has 5 heteroatoms. The summed E-state index contributed by atoms with van der Waals surface area (Å²) in [5, 5.41) is 7.27. The third kappa shape index (κ3) is 3.55. The van der Waals surface area contributed by atoms with Crippen LogP contribution in [0.1, 0.15) is 60.5 Å². The Balaban J connectivity index is 1.41. The molecule has 0 unspecified atom stereocenters. The van der Waals surface area contributed by atoms with Crippen molar-refractivity contribution in [2.75, 3.05) is 13.1 Å². The first-order chi connectivity index (χ1) is 12.3. The number of aromatic nitrogens is 2. The van der Waals surface area contributed by atoms with Gasteiger partial charge in [-0.3, -0.25) is 9.89 Å². The first-order valence-electron chi connectivity index (χ1n) is 9.35. The van der Waals surface area contributed by atoms with Crippen LogP contribution in [0.2, 0.25) is 0 Å². The van der Waals surface area contributed by atoms with Gasteiger partial charge >= 0.3 is 0 Å². The maximum Gasteiger partial charge on any atom is 0.257 e. The highest BCUT2D eigenvalue weighted by atomic mass is 16.5. The zero-order valence-electron chi connectivity index (χ0n) is 14.5. The largest absolute Gasteiger partial charge is 0.489 e. The normalized spacial score (nSPS) is 21.4. The number of carbonyl (C=O) groups is 1. The van der Waals surface area contributed by atoms with Crippen molar-refractivity contribution in [3.63, 3.8) is 0 Å². The Kier molecular flexibility index (Phi) is 4.72. The van der Waals surface area contributed by atoms with Crippen LogP contribution in [0.15, 0.2) is 36.5 Å². The lowest BCUT2D eigenvalue weighted by Gasteiger charge is -2.23. The molecule has 2 fully saturated rings. The number of hydrogen-bond acceptors (Lipinski definition) is 3. The summed E-state index contributed by atoms with van der Waals surface area (Å²) in [5.74, 6) is 1.41. The van der Waals surface area contributed by atoms with Crippen LogP contribution in [-0.2, 0) is 0 Å². The average molecular weight is 339 g/mol. The van der Waals surface area contributed by atoms with Crippen LogP contribution < -0.4 is 4.74 Å². The predicted octanol–water partition coefficient (Wildman–Crippen LogP) is 3.75. The van der Waals surface area contributed by atoms with Crippen molar-refractivity contribution in [1.82, 2.24) is 15.1 Å². The maximum absolute atomic E-state index is 13.0. The van der Waals surface area contributed by atoms with Gasteiger partial charge in [0.2, 0.25) is 0 Å². The van der Waals surface area contributed by atoms with Crippen LogP contribution in [0.5, 0.6) is 5.75 Å². The molecule has 1 atom stereocenters. The number of hydrogen-bond donors (Lipinski definition) is 1. The maximum atomic E-state index is 13.0. The fourth-order valence-electron chi connectivity index (χ4n) is 4.04. The fourth-order valence-corrected chi connectivity index (χ4v) is 4.04. The van der Waals surface area contributed by atoms with Gasteiger partial charge in [0, 0.05) is 18.9 Å². The molecule has 0 spiro atoms. The number of nitrogens with zero attached hydrogens (tertiary/aromatic N) is 2. The van der Waals surface area contributed by atoms with Gasteiger partial charge in [0.15, 0.2) is 0 Å². The van der Waals surface area contributed by atoms with Gasteiger partial charge in [-0.1, -0.05) is 37.5 Å². The van der Waals surface area contributed by atoms with E-state index in [9.17, 15) is 4.79 Å². The quantitative estimate of drug-likeness (QED) is 0.923. The van der Waals surface area contributed by atoms with Crippen LogP contribution >= 0.6 is 0 Å². The molecule has 1 aromatic carbocycles. The van der Waals surface area contributed by atoms with Crippen LogP contribution in [0.25, 0.3) is 0 Å². The highest BCUT2D eigenvalue weighted by Crippen LogP contribution is 2.33. The summed E-state index contributed by atoms with van der Waals surface area (Å²) in [6, 6.07) is 9.83. The van der Waals surface area contributed by atoms with Crippen molar-refractivity contribution in [1.29, 1.82) is 0 Å². The van der Waals surface area contributed by atoms with Crippen molar-refractivity contribution >= 4 is 5.91 Å². The lowest BCUT2D eigenvalue weighted by molar-refractivity contribution is 0.0770. The van der Waals surface area contributed by atoms with E-state index in [-0.39, 0.29) is 12.0 Å². The Morgan fingerprint density at radius 1 is 1.12 bits per heavy atom. The van der Waals surface area contributed by atoms with Gasteiger partial charge in [-0.05, 0) is 25.0 Å². The minimum Gasteiger partial charge on any atom is -0.489 e. The van der Waals surface area contributed by atoms with Crippen molar-refractivity contribution in [3.8, 4) is 5.75 Å². The highest BCUT2D eigenvalue weighted by molar-refractivity contribution is 5.95. The van der Waals surface area contributed by atoms with Crippen LogP contribution in [-0.4, -0.2) is 40.2 Å². The summed E-state index contributed by atoms with van der Waals surface area (Å²) < 4.78 is 6.00. The lowest BCUT2D eigenvalue weighted by atomic mass is 9.85. The average Bonchev–Trinajstić information content (AvgIpc) is 3.32. The van der Waals surface area contributed by atoms with E-state index in [2.05, 4.69) is 10.2 Å². The molecule has 25 heavy (non-hydrogen) atoms. The second-order valence-corrected chi connectivity index (χ2v) is 7.13. The van der Waals surface area contributed by atoms with Gasteiger partial charge in [-0.25, -0.2) is 0 Å². The summed E-state index contributed by atoms with van der Waals surface area (Å²) >= 11 is 0. The topological polar surface area (TPSA) is 58.2 Å². The molecule has 2 heterocycles. The van der Waals surface area contributed by atoms with Crippen molar-refractivity contribution in [2.24, 2.45) is 0 Å². The number of ether oxygens (including phenoxy) is 1. The molecule has 0 radical (unpaired) electrons. The number of benzene rings is 1. The van der Waals surface area contributed by atoms with Gasteiger partial charge in [-0.15, -0.1) is 0 Å². The Labute approximate surface area is 148 Å². The number of nitrogens with one attached hydrogen (secondary N) is 1. The molecule has 2 aliphatic rings. The Hall–Kier alpha value is -2.30. The summed E-state index contributed by atoms with van der Waals surface area (Å²) in [6.07, 6.45) is 8.75. The number of H-pyrrole nitrogens is 1. The zero-order chi connectivity index (χ0) is 17.1. The molecule has 5 nitrogen and oxygen atoms in total. The van der Waals surface area contributed by atoms with E-state index in [1.165, 1.54) is 19.3 Å². The minimum atomic E-state index is 0.0661. The molecule has 132 valence electrons. The molecule has 1 aliphatic heterocycles. The number of rotatable bonds is 4. The van der Waals surface area contributed by atoms with Gasteiger partial charge in [0.1, 0.15) is 11.9 Å². The highest BCUT2D eigenvalue weighted by Gasteiger charge is 2.31. The monoisotopic (exact) mass is 339 g/mol. The Bertz CT molecular complexity index is 707. The molecular formula is C20H25N3O2. The number of amides is 1. The number of carbonyl (C=O) groups excluding carboxylic acids is 1. The third-order valence-electron chi connectivity index (χ3n) is 5.39. The minimum absolute atomic E-state index is 0.0661. The van der Waals surface area contributed by atoms with E-state index in [1.54, 1.807) is 6.20 Å². The molecule has 1 saturated carbocycles. The van der Waals surface area contributed by atoms with Crippen LogP contribution in [0.3, 0.4) is 0 Å². The third-order valence-corrected chi connectivity index (χ3v) is 5.39. The zero-order valence-corrected chi connectivity index (χ0v) is 14.5. The summed E-state index contributed by atoms with van der Waals surface area (Å²) in [5.41, 5.74) is 1.80. The summed E-state index contributed by atoms with van der Waals surface area (Å²) in [4.78, 5) is 14.9. The molecular weight excluding hydrogens is 314 g/mol. The van der Waals surface area contributed by atoms with Crippen LogP contribution in [0.4, 0.5) is 0 Å². The fraction of sp³-hybridized carbons (Fsp3) is 0.500. The van der Waals surface area contributed by atoms with Crippen molar-refractivity contribution in [2.45, 2.75) is 50.5 Å². The smallest absolute Gasteiger partial charge is 0.257 e. The van der Waals surface area contributed by atoms with Gasteiger partial charge in [0.05, 0.1) is 24.0 Å². The first kappa shape index (κ1) is 16.2. The van der Waals surface area contributed by atoms with E-state index >= 15 is 0 Å². The van der Waals surface area contributed by atoms with Gasteiger partial charge < -0.3 is 9.64 Å². The van der Waals surface area contributed by atoms with Crippen LogP contribution in [0, 0.1) is 0 Å². The van der Waals surface area contributed by atoms with E-state index in [1.807, 2.05) is 35.2 Å². The molecule has 0 bridgehead atoms. The van der Waals surface area contributed by atoms with E-state index < -0.39 is 0 Å². The molecule has 1 amide bonds. The number of likely N-dealkylation sites (tertiary alicyclic amines) is 1. The SMILES string of the molecule is O=C(c1cn[nH]c1C1CCCCC1)N1CC[C@H](Oc2ccccc2)C1. The van der Waals surface area contributed by atoms with Crippen molar-refractivity contribution < 1.29 is 9.53 Å². The Morgan fingerprint density at radius 2 is 1.92 bits per heavy atom. The molecule has 4 rings (SSSR count). The van der Waals surface area contributed by atoms with Gasteiger partial charge in [-0.2, -0.15) is 5.10 Å². The van der Waals surface area contributed by atoms with E-state index in [0.29, 0.717) is 12.5 Å². The Morgan fingerprint density at radius 3 is 2.72 bits per heavy atom. The van der Waals surface area contributed by atoms with E-state index in [4.69, 9.17) is 4.74 Å². The molecule has 1 aliphatic carbocycles. The standard InChI is InChI=1S/C20H25N3O2/c24-20(18-13-21-22-19(18)15-7-3-1-4-8-15)23-12-11-17(14-23)25-16-9-5-2-6-10-16/h2,5-6,9-10,13,15,17H,1,3-4,7-8,11-12,14H2,(H,21,22)/t17-/m0/s1. The summed E-state index contributed by atoms with van der Waals surface area (Å²) in [6.45, 7) is 1.38. The summed E-state index contributed by atoms with van der Waals surface area (Å²) in [7, 11) is 0. The first-order valence-corrected chi connectivity index (χ1v) is 9.35. The molecule has 1 aromatic heterocycles. The lowest BCUT2D eigenvalue weighted by Crippen LogP contribution is -2.31. The number of para-hydroxylation sites is 1. The van der Waals surface area contributed by atoms with Gasteiger partial charge in [0.25, 0.3) is 5.91 Å². The molecule has 2 aromatic rings.